The van der Waals surface area contributed by atoms with E-state index >= 15 is 4.79 Å². The third-order valence-corrected chi connectivity index (χ3v) is 14.8. The quantitative estimate of drug-likeness (QED) is 0.104. The molecule has 4 aliphatic heterocycles. The topological polar surface area (TPSA) is 254 Å². The maximum Gasteiger partial charge on any atom is 0.410 e. The Morgan fingerprint density at radius 3 is 2.00 bits per heavy atom. The van der Waals surface area contributed by atoms with Crippen molar-refractivity contribution in [2.24, 2.45) is 29.6 Å². The monoisotopic (exact) mass is 1060 g/mol. The third kappa shape index (κ3) is 17.3. The summed E-state index contributed by atoms with van der Waals surface area (Å²) in [6, 6.07) is 0.0228. The highest BCUT2D eigenvalue weighted by Gasteiger charge is 2.51. The molecule has 0 saturated carbocycles. The van der Waals surface area contributed by atoms with Gasteiger partial charge in [-0.3, -0.25) is 24.1 Å². The SMILES string of the molecule is CCN1C[C@H](C)O[C@@H](O[C@@H]([C@H](C)[C@@H](O[C@@H]2O[C@H](C)CC(=O)[C@H]2O)[C@@H](C)CC(C)(OC(=O)N2C[C@@H](C)O[C@@H](C)C2)C(=O)[C@@H](C[C@@H](C)CO[C@@H]2O[C@H](C)[C@@H](O)[C@@H](OC)[C@H]2OC)OC(=O)CC(C)C)[C@@H](C)C(=O)O)C[C@H]1C. The Morgan fingerprint density at radius 2 is 1.42 bits per heavy atom. The number of ketones is 2. The average molecular weight is 1060 g/mol. The molecule has 428 valence electrons. The van der Waals surface area contributed by atoms with E-state index in [9.17, 15) is 34.5 Å². The van der Waals surface area contributed by atoms with Crippen LogP contribution in [-0.4, -0.2) is 205 Å². The first kappa shape index (κ1) is 63.6. The van der Waals surface area contributed by atoms with E-state index in [2.05, 4.69) is 18.7 Å². The van der Waals surface area contributed by atoms with E-state index in [1.807, 2.05) is 34.6 Å². The second-order valence-electron chi connectivity index (χ2n) is 22.3. The summed E-state index contributed by atoms with van der Waals surface area (Å²) in [4.78, 5) is 73.6. The van der Waals surface area contributed by atoms with Gasteiger partial charge in [0.2, 0.25) is 5.78 Å². The number of aliphatic hydroxyl groups excluding tert-OH is 2. The Kier molecular flexibility index (Phi) is 24.6. The van der Waals surface area contributed by atoms with Crippen LogP contribution in [0.2, 0.25) is 0 Å². The van der Waals surface area contributed by atoms with E-state index in [1.165, 1.54) is 33.0 Å². The predicted molar refractivity (Wildman–Crippen MR) is 268 cm³/mol. The van der Waals surface area contributed by atoms with Crippen molar-refractivity contribution in [3.63, 3.8) is 0 Å². The van der Waals surface area contributed by atoms with E-state index < -0.39 is 133 Å². The summed E-state index contributed by atoms with van der Waals surface area (Å²) in [7, 11) is 2.89. The Labute approximate surface area is 439 Å². The van der Waals surface area contributed by atoms with Crippen molar-refractivity contribution in [1.29, 1.82) is 0 Å². The zero-order valence-electron chi connectivity index (χ0n) is 47.0. The van der Waals surface area contributed by atoms with Gasteiger partial charge in [0.1, 0.15) is 18.3 Å². The van der Waals surface area contributed by atoms with Crippen LogP contribution in [0.15, 0.2) is 0 Å². The van der Waals surface area contributed by atoms with Gasteiger partial charge in [0.25, 0.3) is 0 Å². The van der Waals surface area contributed by atoms with Gasteiger partial charge < -0.3 is 72.3 Å². The number of amides is 1. The molecule has 0 spiro atoms. The molecule has 0 aromatic heterocycles. The number of hydrogen-bond acceptors (Lipinski definition) is 19. The van der Waals surface area contributed by atoms with Crippen LogP contribution in [-0.2, 0) is 71.3 Å². The Hall–Kier alpha value is -2.93. The summed E-state index contributed by atoms with van der Waals surface area (Å²) in [6.07, 6.45) is -14.5. The van der Waals surface area contributed by atoms with Crippen molar-refractivity contribution >= 4 is 29.6 Å². The van der Waals surface area contributed by atoms with Gasteiger partial charge in [0.15, 0.2) is 42.5 Å². The number of hydrogen-bond donors (Lipinski definition) is 3. The van der Waals surface area contributed by atoms with Gasteiger partial charge in [0.05, 0.1) is 68.3 Å². The van der Waals surface area contributed by atoms with Crippen molar-refractivity contribution in [1.82, 2.24) is 9.80 Å². The second-order valence-corrected chi connectivity index (χ2v) is 22.3. The first-order valence-corrected chi connectivity index (χ1v) is 26.8. The molecular formula is C53H92N2O19. The van der Waals surface area contributed by atoms with Crippen LogP contribution in [0.5, 0.6) is 0 Å². The number of methoxy groups -OCH3 is 2. The van der Waals surface area contributed by atoms with E-state index in [4.69, 9.17) is 52.1 Å². The summed E-state index contributed by atoms with van der Waals surface area (Å²) in [5.41, 5.74) is -2.08. The standard InChI is InChI=1S/C53H92N2O19/c1-17-54-23-34(10)68-41(20-30(54)6)72-45(36(12)49(61)62)35(11)44(73-50-43(59)38(56)21-31(7)69-50)29(5)22-53(14,74-52(63)55-24-32(8)67-33(9)25-55)48(60)39(71-40(57)18-27(2)3)19-28(4)26-66-51-47(65-16)46(64-15)42(58)37(13)70-51/h27-37,39,41-47,50-51,58-59H,17-26H2,1-16H3,(H,61,62)/t28-,29+,30-,31-,32-,33+,34+,35-,36-,37-,39-,41+,42-,43-,44+,45+,46-,47-,50+,51-,53?/m1/s1. The lowest BCUT2D eigenvalue weighted by molar-refractivity contribution is -0.303. The summed E-state index contributed by atoms with van der Waals surface area (Å²) < 4.78 is 67.6. The van der Waals surface area contributed by atoms with E-state index in [-0.39, 0.29) is 75.7 Å². The minimum absolute atomic E-state index is 0.0225. The lowest BCUT2D eigenvalue weighted by Crippen LogP contribution is -2.59. The summed E-state index contributed by atoms with van der Waals surface area (Å²) in [5, 5.41) is 32.6. The summed E-state index contributed by atoms with van der Waals surface area (Å²) in [5.74, 6) is -6.64. The molecule has 3 N–H and O–H groups in total. The number of carboxylic acids is 1. The third-order valence-electron chi connectivity index (χ3n) is 14.8. The van der Waals surface area contributed by atoms with Gasteiger partial charge in [-0.25, -0.2) is 4.79 Å². The van der Waals surface area contributed by atoms with Crippen molar-refractivity contribution in [3.8, 4) is 0 Å². The highest BCUT2D eigenvalue weighted by molar-refractivity contribution is 5.94. The molecule has 1 amide bonds. The van der Waals surface area contributed by atoms with E-state index in [0.717, 1.165) is 6.54 Å². The molecule has 21 nitrogen and oxygen atoms in total. The van der Waals surface area contributed by atoms with Gasteiger partial charge in [-0.15, -0.1) is 0 Å². The van der Waals surface area contributed by atoms with Gasteiger partial charge >= 0.3 is 18.0 Å². The molecule has 0 aromatic rings. The maximum atomic E-state index is 15.6. The molecular weight excluding hydrogens is 969 g/mol. The number of likely N-dealkylation sites (N-methyl/N-ethyl adjacent to an activating group) is 1. The maximum absolute atomic E-state index is 15.6. The van der Waals surface area contributed by atoms with Crippen LogP contribution >= 0.6 is 0 Å². The fraction of sp³-hybridized carbons (Fsp3) is 0.906. The van der Waals surface area contributed by atoms with Crippen molar-refractivity contribution in [3.05, 3.63) is 0 Å². The number of Topliss-reactive ketones (excluding diaryl/α,β-unsaturated/α-hetero) is 2. The number of esters is 1. The molecule has 4 fully saturated rings. The number of rotatable bonds is 25. The molecule has 0 bridgehead atoms. The van der Waals surface area contributed by atoms with E-state index in [0.29, 0.717) is 13.0 Å². The number of carbonyl (C=O) groups excluding carboxylic acids is 4. The fourth-order valence-corrected chi connectivity index (χ4v) is 10.9. The molecule has 4 saturated heterocycles. The molecule has 21 atom stereocenters. The molecule has 74 heavy (non-hydrogen) atoms. The highest BCUT2D eigenvalue weighted by Crippen LogP contribution is 2.38. The number of nitrogens with zero attached hydrogens (tertiary/aromatic N) is 2. The van der Waals surface area contributed by atoms with Gasteiger partial charge in [0, 0.05) is 52.0 Å². The number of carboxylic acid groups (broad SMARTS) is 1. The first-order chi connectivity index (χ1) is 34.6. The van der Waals surface area contributed by atoms with Gasteiger partial charge in [-0.2, -0.15) is 0 Å². The number of aliphatic hydroxyl groups is 2. The lowest BCUT2D eigenvalue weighted by atomic mass is 9.77. The first-order valence-electron chi connectivity index (χ1n) is 26.8. The molecule has 4 rings (SSSR count). The van der Waals surface area contributed by atoms with Crippen molar-refractivity contribution < 1.29 is 91.4 Å². The van der Waals surface area contributed by atoms with Gasteiger partial charge in [-0.05, 0) is 92.5 Å². The van der Waals surface area contributed by atoms with Crippen molar-refractivity contribution in [2.75, 3.05) is 47.0 Å². The smallest absolute Gasteiger partial charge is 0.410 e. The van der Waals surface area contributed by atoms with Crippen LogP contribution in [0, 0.1) is 29.6 Å². The molecule has 4 aliphatic rings. The molecule has 0 radical (unpaired) electrons. The molecule has 21 heteroatoms. The van der Waals surface area contributed by atoms with Crippen LogP contribution in [0.25, 0.3) is 0 Å². The zero-order chi connectivity index (χ0) is 55.5. The fourth-order valence-electron chi connectivity index (χ4n) is 10.9. The highest BCUT2D eigenvalue weighted by atomic mass is 16.7. The van der Waals surface area contributed by atoms with Crippen LogP contribution in [0.4, 0.5) is 4.79 Å². The average Bonchev–Trinajstić information content (AvgIpc) is 3.45. The van der Waals surface area contributed by atoms with Gasteiger partial charge in [-0.1, -0.05) is 41.5 Å². The minimum atomic E-state index is -2.08. The Morgan fingerprint density at radius 1 is 0.797 bits per heavy atom. The second kappa shape index (κ2) is 28.6. The van der Waals surface area contributed by atoms with Crippen LogP contribution in [0.3, 0.4) is 0 Å². The molecule has 4 heterocycles. The largest absolute Gasteiger partial charge is 0.481 e. The van der Waals surface area contributed by atoms with Crippen LogP contribution < -0.4 is 0 Å². The van der Waals surface area contributed by atoms with Crippen molar-refractivity contribution in [2.45, 2.75) is 233 Å². The molecule has 0 aromatic carbocycles. The normalized spacial score (nSPS) is 34.1. The lowest BCUT2D eigenvalue weighted by Gasteiger charge is -2.43. The minimum Gasteiger partial charge on any atom is -0.481 e. The number of morpholine rings is 1. The predicted octanol–water partition coefficient (Wildman–Crippen LogP) is 4.76. The number of carbonyl (C=O) groups is 5. The van der Waals surface area contributed by atoms with E-state index in [1.54, 1.807) is 34.6 Å². The summed E-state index contributed by atoms with van der Waals surface area (Å²) in [6.45, 7) is 26.6. The zero-order valence-corrected chi connectivity index (χ0v) is 47.0. The number of ether oxygens (including phenoxy) is 11. The van der Waals surface area contributed by atoms with Crippen LogP contribution in [0.1, 0.15) is 129 Å². The molecule has 0 aliphatic carbocycles. The Balaban J connectivity index is 1.80. The summed E-state index contributed by atoms with van der Waals surface area (Å²) >= 11 is 0. The molecule has 1 unspecified atom stereocenters. The Bertz CT molecular complexity index is 1800. The number of aliphatic carboxylic acids is 1.